The van der Waals surface area contributed by atoms with Gasteiger partial charge in [-0.25, -0.2) is 9.37 Å². The van der Waals surface area contributed by atoms with Crippen LogP contribution in [0, 0.1) is 5.82 Å². The second-order valence-electron chi connectivity index (χ2n) is 5.24. The first-order valence-corrected chi connectivity index (χ1v) is 7.75. The van der Waals surface area contributed by atoms with Crippen LogP contribution in [0.1, 0.15) is 36.8 Å². The van der Waals surface area contributed by atoms with E-state index in [-0.39, 0.29) is 5.82 Å². The quantitative estimate of drug-likeness (QED) is 0.733. The zero-order chi connectivity index (χ0) is 14.8. The largest absolute Gasteiger partial charge is 0.478 e. The highest BCUT2D eigenvalue weighted by Crippen LogP contribution is 2.45. The molecule has 3 rings (SSSR count). The normalized spacial score (nSPS) is 14.2. The summed E-state index contributed by atoms with van der Waals surface area (Å²) >= 11 is 6.01. The van der Waals surface area contributed by atoms with Crippen LogP contribution in [0.15, 0.2) is 30.3 Å². The molecule has 110 valence electrons. The molecular formula is C17H17ClFNO. The van der Waals surface area contributed by atoms with Crippen molar-refractivity contribution in [2.24, 2.45) is 0 Å². The van der Waals surface area contributed by atoms with Crippen LogP contribution < -0.4 is 4.74 Å². The zero-order valence-electron chi connectivity index (χ0n) is 11.9. The summed E-state index contributed by atoms with van der Waals surface area (Å²) in [6, 6.07) is 8.55. The Bertz CT molecular complexity index is 638. The fourth-order valence-corrected chi connectivity index (χ4v) is 2.65. The van der Waals surface area contributed by atoms with E-state index in [1.165, 1.54) is 30.5 Å². The Labute approximate surface area is 128 Å². The molecule has 1 aliphatic carbocycles. The van der Waals surface area contributed by atoms with Gasteiger partial charge in [-0.2, -0.15) is 0 Å². The predicted molar refractivity (Wildman–Crippen MR) is 82.3 cm³/mol. The Morgan fingerprint density at radius 1 is 1.29 bits per heavy atom. The summed E-state index contributed by atoms with van der Waals surface area (Å²) in [6.45, 7) is 2.47. The van der Waals surface area contributed by atoms with E-state index in [2.05, 4.69) is 11.1 Å². The highest BCUT2D eigenvalue weighted by molar-refractivity contribution is 6.17. The summed E-state index contributed by atoms with van der Waals surface area (Å²) in [5, 5.41) is 0. The average molecular weight is 306 g/mol. The second kappa shape index (κ2) is 6.02. The van der Waals surface area contributed by atoms with E-state index in [1.54, 1.807) is 12.1 Å². The lowest BCUT2D eigenvalue weighted by Gasteiger charge is -2.14. The molecule has 0 aliphatic heterocycles. The van der Waals surface area contributed by atoms with Crippen molar-refractivity contribution in [1.82, 2.24) is 4.98 Å². The van der Waals surface area contributed by atoms with Gasteiger partial charge in [0.05, 0.1) is 18.2 Å². The van der Waals surface area contributed by atoms with Gasteiger partial charge in [-0.15, -0.1) is 11.6 Å². The Balaban J connectivity index is 2.11. The molecule has 21 heavy (non-hydrogen) atoms. The Hall–Kier alpha value is -1.61. The maximum absolute atomic E-state index is 13.1. The van der Waals surface area contributed by atoms with E-state index in [0.717, 1.165) is 16.8 Å². The summed E-state index contributed by atoms with van der Waals surface area (Å²) in [5.41, 5.74) is 3.92. The number of hydrogen-bond acceptors (Lipinski definition) is 2. The smallest absolute Gasteiger partial charge is 0.218 e. The van der Waals surface area contributed by atoms with Gasteiger partial charge in [-0.3, -0.25) is 0 Å². The minimum Gasteiger partial charge on any atom is -0.478 e. The molecule has 2 aromatic rings. The van der Waals surface area contributed by atoms with Crippen LogP contribution in [0.2, 0.25) is 0 Å². The van der Waals surface area contributed by atoms with Gasteiger partial charge in [0.15, 0.2) is 0 Å². The zero-order valence-corrected chi connectivity index (χ0v) is 12.7. The van der Waals surface area contributed by atoms with Crippen LogP contribution in [0.25, 0.3) is 11.3 Å². The van der Waals surface area contributed by atoms with Gasteiger partial charge in [0.25, 0.3) is 0 Å². The molecule has 2 nitrogen and oxygen atoms in total. The van der Waals surface area contributed by atoms with Gasteiger partial charge in [0, 0.05) is 11.1 Å². The number of halogens is 2. The first-order chi connectivity index (χ1) is 10.2. The van der Waals surface area contributed by atoms with Crippen molar-refractivity contribution in [3.63, 3.8) is 0 Å². The number of rotatable bonds is 5. The van der Waals surface area contributed by atoms with E-state index in [1.807, 2.05) is 6.92 Å². The molecule has 1 fully saturated rings. The van der Waals surface area contributed by atoms with E-state index in [0.29, 0.717) is 24.3 Å². The van der Waals surface area contributed by atoms with Crippen molar-refractivity contribution < 1.29 is 9.13 Å². The average Bonchev–Trinajstić information content (AvgIpc) is 3.33. The molecular weight excluding hydrogens is 289 g/mol. The first kappa shape index (κ1) is 14.3. The van der Waals surface area contributed by atoms with Gasteiger partial charge >= 0.3 is 0 Å². The molecule has 0 unspecified atom stereocenters. The van der Waals surface area contributed by atoms with E-state index in [9.17, 15) is 4.39 Å². The number of aromatic nitrogens is 1. The van der Waals surface area contributed by atoms with Crippen molar-refractivity contribution in [2.75, 3.05) is 6.61 Å². The van der Waals surface area contributed by atoms with Crippen molar-refractivity contribution >= 4 is 11.6 Å². The number of ether oxygens (including phenoxy) is 1. The third-order valence-electron chi connectivity index (χ3n) is 3.65. The minimum absolute atomic E-state index is 0.242. The van der Waals surface area contributed by atoms with Gasteiger partial charge in [0.1, 0.15) is 5.82 Å². The highest BCUT2D eigenvalue weighted by Gasteiger charge is 2.28. The van der Waals surface area contributed by atoms with Gasteiger partial charge in [-0.1, -0.05) is 0 Å². The summed E-state index contributed by atoms with van der Waals surface area (Å²) in [7, 11) is 0. The van der Waals surface area contributed by atoms with Crippen LogP contribution in [0.4, 0.5) is 4.39 Å². The third-order valence-corrected chi connectivity index (χ3v) is 3.94. The van der Waals surface area contributed by atoms with Crippen LogP contribution in [0.3, 0.4) is 0 Å². The molecule has 0 radical (unpaired) electrons. The number of alkyl halides is 1. The van der Waals surface area contributed by atoms with E-state index < -0.39 is 0 Å². The molecule has 1 heterocycles. The highest BCUT2D eigenvalue weighted by atomic mass is 35.5. The molecule has 0 spiro atoms. The van der Waals surface area contributed by atoms with Crippen LogP contribution in [-0.2, 0) is 5.88 Å². The molecule has 1 aromatic carbocycles. The van der Waals surface area contributed by atoms with E-state index >= 15 is 0 Å². The monoisotopic (exact) mass is 305 g/mol. The van der Waals surface area contributed by atoms with Crippen molar-refractivity contribution in [2.45, 2.75) is 31.6 Å². The number of benzene rings is 1. The van der Waals surface area contributed by atoms with E-state index in [4.69, 9.17) is 16.3 Å². The fourth-order valence-electron chi connectivity index (χ4n) is 2.46. The SMILES string of the molecule is CCOc1nc(-c2ccc(F)cc2)c(C2CC2)cc1CCl. The number of pyridine rings is 1. The molecule has 0 N–H and O–H groups in total. The Morgan fingerprint density at radius 3 is 2.57 bits per heavy atom. The lowest BCUT2D eigenvalue weighted by atomic mass is 10.0. The van der Waals surface area contributed by atoms with Crippen LogP contribution in [-0.4, -0.2) is 11.6 Å². The minimum atomic E-state index is -0.242. The summed E-state index contributed by atoms with van der Waals surface area (Å²) in [4.78, 5) is 4.67. The topological polar surface area (TPSA) is 22.1 Å². The fraction of sp³-hybridized carbons (Fsp3) is 0.353. The lowest BCUT2D eigenvalue weighted by Crippen LogP contribution is -2.02. The molecule has 0 atom stereocenters. The van der Waals surface area contributed by atoms with Crippen molar-refractivity contribution in [3.8, 4) is 17.1 Å². The van der Waals surface area contributed by atoms with Gasteiger partial charge in [-0.05, 0) is 61.6 Å². The van der Waals surface area contributed by atoms with Crippen molar-refractivity contribution in [1.29, 1.82) is 0 Å². The molecule has 1 aliphatic rings. The molecule has 0 amide bonds. The molecule has 0 saturated heterocycles. The predicted octanol–water partition coefficient (Wildman–Crippen LogP) is 4.90. The van der Waals surface area contributed by atoms with Crippen LogP contribution >= 0.6 is 11.6 Å². The summed E-state index contributed by atoms with van der Waals surface area (Å²) < 4.78 is 18.7. The van der Waals surface area contributed by atoms with Crippen molar-refractivity contribution in [3.05, 3.63) is 47.3 Å². The Kier molecular flexibility index (Phi) is 4.11. The molecule has 1 saturated carbocycles. The first-order valence-electron chi connectivity index (χ1n) is 7.21. The molecule has 0 bridgehead atoms. The standard InChI is InChI=1S/C17H17ClFNO/c1-2-21-17-13(10-18)9-15(11-3-4-11)16(20-17)12-5-7-14(19)8-6-12/h5-9,11H,2-4,10H2,1H3. The third kappa shape index (κ3) is 3.03. The maximum Gasteiger partial charge on any atom is 0.218 e. The number of nitrogens with zero attached hydrogens (tertiary/aromatic N) is 1. The molecule has 4 heteroatoms. The van der Waals surface area contributed by atoms with Crippen LogP contribution in [0.5, 0.6) is 5.88 Å². The second-order valence-corrected chi connectivity index (χ2v) is 5.51. The molecule has 1 aromatic heterocycles. The Morgan fingerprint density at radius 2 is 2.00 bits per heavy atom. The summed E-state index contributed by atoms with van der Waals surface area (Å²) in [5.74, 6) is 1.26. The lowest BCUT2D eigenvalue weighted by molar-refractivity contribution is 0.324. The summed E-state index contributed by atoms with van der Waals surface area (Å²) in [6.07, 6.45) is 2.34. The number of hydrogen-bond donors (Lipinski definition) is 0. The van der Waals surface area contributed by atoms with Gasteiger partial charge < -0.3 is 4.74 Å². The maximum atomic E-state index is 13.1. The van der Waals surface area contributed by atoms with Gasteiger partial charge in [0.2, 0.25) is 5.88 Å².